The van der Waals surface area contributed by atoms with Crippen LogP contribution in [0.3, 0.4) is 0 Å². The summed E-state index contributed by atoms with van der Waals surface area (Å²) in [5, 5.41) is 2.86. The van der Waals surface area contributed by atoms with E-state index in [1.165, 1.54) is 16.1 Å². The van der Waals surface area contributed by atoms with E-state index in [0.717, 1.165) is 17.3 Å². The summed E-state index contributed by atoms with van der Waals surface area (Å²) >= 11 is 6.52. The van der Waals surface area contributed by atoms with E-state index >= 15 is 0 Å². The molecule has 2 aromatic carbocycles. The summed E-state index contributed by atoms with van der Waals surface area (Å²) in [7, 11) is 0. The number of furan rings is 1. The van der Waals surface area contributed by atoms with Gasteiger partial charge in [0.1, 0.15) is 16.6 Å². The maximum atomic E-state index is 13.5. The average Bonchev–Trinajstić information content (AvgIpc) is 3.50. The van der Waals surface area contributed by atoms with Gasteiger partial charge in [0, 0.05) is 11.3 Å². The lowest BCUT2D eigenvalue weighted by Crippen LogP contribution is -2.35. The van der Waals surface area contributed by atoms with Gasteiger partial charge < -0.3 is 9.73 Å². The third kappa shape index (κ3) is 3.93. The fourth-order valence-corrected chi connectivity index (χ4v) is 5.27. The van der Waals surface area contributed by atoms with Crippen LogP contribution in [0.4, 0.5) is 11.4 Å². The molecule has 0 aliphatic carbocycles. The Morgan fingerprint density at radius 2 is 1.76 bits per heavy atom. The van der Waals surface area contributed by atoms with Gasteiger partial charge in [-0.05, 0) is 36.8 Å². The lowest BCUT2D eigenvalue weighted by Gasteiger charge is -2.17. The minimum atomic E-state index is -0.403. The van der Waals surface area contributed by atoms with Gasteiger partial charge in [0.15, 0.2) is 0 Å². The summed E-state index contributed by atoms with van der Waals surface area (Å²) in [6, 6.07) is 18.1. The quantitative estimate of drug-likeness (QED) is 0.424. The van der Waals surface area contributed by atoms with Crippen LogP contribution in [-0.4, -0.2) is 33.5 Å². The van der Waals surface area contributed by atoms with Crippen molar-refractivity contribution in [2.75, 3.05) is 16.8 Å². The van der Waals surface area contributed by atoms with Gasteiger partial charge in [0.2, 0.25) is 5.91 Å². The van der Waals surface area contributed by atoms with Crippen LogP contribution in [0.5, 0.6) is 0 Å². The number of hydrogen-bond acceptors (Lipinski definition) is 6. The molecule has 3 aromatic rings. The van der Waals surface area contributed by atoms with E-state index in [2.05, 4.69) is 5.32 Å². The number of para-hydroxylation sites is 2. The van der Waals surface area contributed by atoms with E-state index in [9.17, 15) is 14.4 Å². The van der Waals surface area contributed by atoms with Gasteiger partial charge in [-0.1, -0.05) is 60.4 Å². The maximum absolute atomic E-state index is 13.5. The molecule has 7 nitrogen and oxygen atoms in total. The number of hydrogen-bond donors (Lipinski definition) is 1. The number of carbonyl (C=O) groups excluding carboxylic acids is 3. The van der Waals surface area contributed by atoms with Crippen LogP contribution in [0.2, 0.25) is 0 Å². The lowest BCUT2D eigenvalue weighted by atomic mass is 10.1. The molecule has 1 fully saturated rings. The van der Waals surface area contributed by atoms with E-state index < -0.39 is 5.91 Å². The van der Waals surface area contributed by atoms with Gasteiger partial charge in [0.25, 0.3) is 11.8 Å². The Hall–Kier alpha value is -3.69. The van der Waals surface area contributed by atoms with Crippen LogP contribution in [0.1, 0.15) is 16.9 Å². The Labute approximate surface area is 205 Å². The number of benzene rings is 2. The number of thioether (sulfide) groups is 1. The van der Waals surface area contributed by atoms with Crippen LogP contribution in [0, 0.1) is 6.92 Å². The maximum Gasteiger partial charge on any atom is 0.267 e. The van der Waals surface area contributed by atoms with Gasteiger partial charge in [-0.25, -0.2) is 0 Å². The van der Waals surface area contributed by atoms with Crippen LogP contribution in [-0.2, 0) is 20.9 Å². The summed E-state index contributed by atoms with van der Waals surface area (Å²) in [4.78, 5) is 42.7. The number of aryl methyl sites for hydroxylation is 1. The fourth-order valence-electron chi connectivity index (χ4n) is 3.95. The molecule has 1 N–H and O–H groups in total. The van der Waals surface area contributed by atoms with Crippen LogP contribution in [0.15, 0.2) is 76.2 Å². The molecule has 3 amide bonds. The van der Waals surface area contributed by atoms with E-state index in [-0.39, 0.29) is 35.4 Å². The molecule has 1 aromatic heterocycles. The molecule has 2 aliphatic rings. The first-order valence-corrected chi connectivity index (χ1v) is 11.7. The predicted octanol–water partition coefficient (Wildman–Crippen LogP) is 4.34. The van der Waals surface area contributed by atoms with Gasteiger partial charge in [0.05, 0.1) is 29.0 Å². The van der Waals surface area contributed by atoms with E-state index in [1.807, 2.05) is 31.2 Å². The van der Waals surface area contributed by atoms with E-state index in [0.29, 0.717) is 27.0 Å². The Morgan fingerprint density at radius 1 is 1.00 bits per heavy atom. The minimum Gasteiger partial charge on any atom is -0.467 e. The number of anilines is 2. The first-order valence-electron chi connectivity index (χ1n) is 10.5. The molecule has 2 aliphatic heterocycles. The van der Waals surface area contributed by atoms with E-state index in [4.69, 9.17) is 16.6 Å². The summed E-state index contributed by atoms with van der Waals surface area (Å²) in [6.07, 6.45) is 1.53. The zero-order chi connectivity index (χ0) is 23.8. The van der Waals surface area contributed by atoms with Crippen molar-refractivity contribution in [3.05, 3.63) is 88.7 Å². The van der Waals surface area contributed by atoms with Crippen molar-refractivity contribution in [1.82, 2.24) is 4.90 Å². The number of rotatable bonds is 5. The van der Waals surface area contributed by atoms with E-state index in [1.54, 1.807) is 36.4 Å². The van der Waals surface area contributed by atoms with Crippen LogP contribution >= 0.6 is 24.0 Å². The molecule has 0 unspecified atom stereocenters. The first-order chi connectivity index (χ1) is 16.4. The van der Waals surface area contributed by atoms with Crippen LogP contribution in [0.25, 0.3) is 5.57 Å². The van der Waals surface area contributed by atoms with Gasteiger partial charge in [-0.3, -0.25) is 24.2 Å². The van der Waals surface area contributed by atoms with Crippen molar-refractivity contribution in [3.8, 4) is 0 Å². The fraction of sp³-hybridized carbons (Fsp3) is 0.120. The highest BCUT2D eigenvalue weighted by Gasteiger charge is 2.42. The van der Waals surface area contributed by atoms with Crippen LogP contribution < -0.4 is 10.2 Å². The second-order valence-corrected chi connectivity index (χ2v) is 9.46. The number of fused-ring (bicyclic) bond motifs is 1. The number of nitrogens with zero attached hydrogens (tertiary/aromatic N) is 2. The summed E-state index contributed by atoms with van der Waals surface area (Å²) in [6.45, 7) is 1.90. The zero-order valence-corrected chi connectivity index (χ0v) is 19.7. The zero-order valence-electron chi connectivity index (χ0n) is 18.1. The van der Waals surface area contributed by atoms with Crippen molar-refractivity contribution < 1.29 is 18.8 Å². The molecule has 34 heavy (non-hydrogen) atoms. The largest absolute Gasteiger partial charge is 0.467 e. The molecule has 1 saturated heterocycles. The number of carbonyl (C=O) groups is 3. The second kappa shape index (κ2) is 8.92. The Morgan fingerprint density at radius 3 is 2.53 bits per heavy atom. The third-order valence-corrected chi connectivity index (χ3v) is 7.06. The third-order valence-electron chi connectivity index (χ3n) is 5.61. The summed E-state index contributed by atoms with van der Waals surface area (Å²) in [5.74, 6) is -0.491. The lowest BCUT2D eigenvalue weighted by molar-refractivity contribution is -0.123. The highest BCUT2D eigenvalue weighted by Crippen LogP contribution is 2.44. The van der Waals surface area contributed by atoms with Gasteiger partial charge in [-0.15, -0.1) is 0 Å². The molecule has 0 bridgehead atoms. The Kier molecular flexibility index (Phi) is 5.80. The molecular weight excluding hydrogens is 470 g/mol. The van der Waals surface area contributed by atoms with Gasteiger partial charge >= 0.3 is 0 Å². The topological polar surface area (TPSA) is 82.9 Å². The Bertz CT molecular complexity index is 1360. The molecule has 0 saturated carbocycles. The normalized spacial score (nSPS) is 17.5. The molecule has 3 heterocycles. The van der Waals surface area contributed by atoms with Crippen molar-refractivity contribution in [2.24, 2.45) is 0 Å². The molecule has 0 spiro atoms. The molecule has 5 rings (SSSR count). The Balaban J connectivity index is 1.44. The SMILES string of the molecule is Cc1ccccc1NC(=O)CN1C(=O)/C(=C2\SC(=S)N(Cc3ccco3)C2=O)c2ccccc21. The minimum absolute atomic E-state index is 0.180. The van der Waals surface area contributed by atoms with Gasteiger partial charge in [-0.2, -0.15) is 0 Å². The first kappa shape index (κ1) is 22.1. The number of thiocarbonyl (C=S) groups is 1. The highest BCUT2D eigenvalue weighted by molar-refractivity contribution is 8.26. The van der Waals surface area contributed by atoms with Crippen molar-refractivity contribution in [1.29, 1.82) is 0 Å². The number of amides is 3. The smallest absolute Gasteiger partial charge is 0.267 e. The molecule has 0 atom stereocenters. The average molecular weight is 490 g/mol. The standard InChI is InChI=1S/C25H19N3O4S2/c1-15-7-2-4-10-18(15)26-20(29)14-27-19-11-5-3-9-17(19)21(23(27)30)22-24(31)28(25(33)34-22)13-16-8-6-12-32-16/h2-12H,13-14H2,1H3,(H,26,29)/b22-21-. The molecule has 170 valence electrons. The van der Waals surface area contributed by atoms with Crippen molar-refractivity contribution in [2.45, 2.75) is 13.5 Å². The number of nitrogens with one attached hydrogen (secondary N) is 1. The van der Waals surface area contributed by atoms with Crippen molar-refractivity contribution >= 4 is 63.0 Å². The predicted molar refractivity (Wildman–Crippen MR) is 135 cm³/mol. The summed E-state index contributed by atoms with van der Waals surface area (Å²) < 4.78 is 5.70. The highest BCUT2D eigenvalue weighted by atomic mass is 32.2. The molecular formula is C25H19N3O4S2. The summed E-state index contributed by atoms with van der Waals surface area (Å²) in [5.41, 5.74) is 3.06. The van der Waals surface area contributed by atoms with Crippen molar-refractivity contribution in [3.63, 3.8) is 0 Å². The second-order valence-electron chi connectivity index (χ2n) is 7.81. The molecule has 0 radical (unpaired) electrons. The molecule has 9 heteroatoms. The monoisotopic (exact) mass is 489 g/mol.